The van der Waals surface area contributed by atoms with Crippen LogP contribution in [0.3, 0.4) is 0 Å². The molecule has 270 valence electrons. The number of benzene rings is 6. The molecule has 6 aromatic heterocycles. The second kappa shape index (κ2) is 12.8. The van der Waals surface area contributed by atoms with Crippen molar-refractivity contribution in [2.75, 3.05) is 0 Å². The molecule has 0 fully saturated rings. The van der Waals surface area contributed by atoms with E-state index in [1.54, 1.807) is 0 Å². The van der Waals surface area contributed by atoms with Gasteiger partial charge in [0.15, 0.2) is 0 Å². The Morgan fingerprint density at radius 3 is 1.48 bits per heavy atom. The molecule has 0 aliphatic carbocycles. The first-order valence-electron chi connectivity index (χ1n) is 19.4. The van der Waals surface area contributed by atoms with E-state index in [9.17, 15) is 0 Å². The van der Waals surface area contributed by atoms with Crippen LogP contribution < -0.4 is 0 Å². The first-order chi connectivity index (χ1) is 28.8. The van der Waals surface area contributed by atoms with Crippen molar-refractivity contribution in [1.82, 2.24) is 29.1 Å². The molecule has 0 unspecified atom stereocenters. The third-order valence-corrected chi connectivity index (χ3v) is 11.5. The molecule has 0 spiro atoms. The number of para-hydroxylation sites is 2. The van der Waals surface area contributed by atoms with Crippen LogP contribution in [0.15, 0.2) is 195 Å². The topological polar surface area (TPSA) is 61.4 Å². The molecular weight excluding hydrogens is 709 g/mol. The molecule has 0 atom stereocenters. The average Bonchev–Trinajstić information content (AvgIpc) is 3.81. The van der Waals surface area contributed by atoms with Crippen LogP contribution in [-0.2, 0) is 0 Å². The highest BCUT2D eigenvalue weighted by Crippen LogP contribution is 2.45. The van der Waals surface area contributed by atoms with E-state index in [1.165, 1.54) is 21.5 Å². The van der Waals surface area contributed by atoms with Gasteiger partial charge in [-0.15, -0.1) is 0 Å². The van der Waals surface area contributed by atoms with Crippen molar-refractivity contribution in [3.05, 3.63) is 195 Å². The van der Waals surface area contributed by atoms with Crippen molar-refractivity contribution >= 4 is 65.2 Å². The number of hydrogen-bond donors (Lipinski definition) is 0. The molecular formula is C52H32N6. The van der Waals surface area contributed by atoms with Crippen LogP contribution in [0.1, 0.15) is 0 Å². The highest BCUT2D eigenvalue weighted by molar-refractivity contribution is 6.21. The van der Waals surface area contributed by atoms with E-state index in [4.69, 9.17) is 4.98 Å². The molecule has 12 aromatic rings. The number of fused-ring (bicyclic) bond motifs is 8. The predicted molar refractivity (Wildman–Crippen MR) is 238 cm³/mol. The smallest absolute Gasteiger partial charge is 0.0731 e. The summed E-state index contributed by atoms with van der Waals surface area (Å²) in [4.78, 5) is 18.9. The van der Waals surface area contributed by atoms with Crippen LogP contribution in [0.5, 0.6) is 0 Å². The normalized spacial score (nSPS) is 11.8. The summed E-state index contributed by atoms with van der Waals surface area (Å²) in [7, 11) is 0. The minimum Gasteiger partial charge on any atom is -0.309 e. The van der Waals surface area contributed by atoms with Gasteiger partial charge in [-0.2, -0.15) is 0 Å². The molecule has 12 rings (SSSR count). The molecule has 0 bridgehead atoms. The van der Waals surface area contributed by atoms with Gasteiger partial charge in [-0.3, -0.25) is 15.0 Å². The SMILES string of the molecule is c1cncc(-c2cc(-c3c4ccccc4c(-n4c5ccccc5c5cnccc54)c4ccccc34)cc(-c3cccc(-n4c5ccccc5c5cnccc54)c3)n2)c1. The highest BCUT2D eigenvalue weighted by atomic mass is 15.0. The van der Waals surface area contributed by atoms with Gasteiger partial charge in [0.1, 0.15) is 0 Å². The lowest BCUT2D eigenvalue weighted by Crippen LogP contribution is -2.00. The Bertz CT molecular complexity index is 3420. The lowest BCUT2D eigenvalue weighted by atomic mass is 9.89. The summed E-state index contributed by atoms with van der Waals surface area (Å²) < 4.78 is 4.75. The maximum atomic E-state index is 5.36. The van der Waals surface area contributed by atoms with Gasteiger partial charge in [-0.1, -0.05) is 97.1 Å². The summed E-state index contributed by atoms with van der Waals surface area (Å²) in [6.07, 6.45) is 11.4. The van der Waals surface area contributed by atoms with E-state index in [-0.39, 0.29) is 0 Å². The van der Waals surface area contributed by atoms with Crippen LogP contribution >= 0.6 is 0 Å². The quantitative estimate of drug-likeness (QED) is 0.165. The first-order valence-corrected chi connectivity index (χ1v) is 19.4. The lowest BCUT2D eigenvalue weighted by molar-refractivity contribution is 1.17. The van der Waals surface area contributed by atoms with Crippen molar-refractivity contribution in [1.29, 1.82) is 0 Å². The molecule has 0 N–H and O–H groups in total. The van der Waals surface area contributed by atoms with Crippen molar-refractivity contribution < 1.29 is 0 Å². The fourth-order valence-corrected chi connectivity index (χ4v) is 9.10. The Morgan fingerprint density at radius 1 is 0.328 bits per heavy atom. The summed E-state index contributed by atoms with van der Waals surface area (Å²) in [6, 6.07) is 56.3. The summed E-state index contributed by atoms with van der Waals surface area (Å²) in [6.45, 7) is 0. The van der Waals surface area contributed by atoms with Gasteiger partial charge in [0.25, 0.3) is 0 Å². The fourth-order valence-electron chi connectivity index (χ4n) is 9.10. The van der Waals surface area contributed by atoms with E-state index in [0.717, 1.165) is 88.6 Å². The molecule has 0 aliphatic heterocycles. The van der Waals surface area contributed by atoms with Crippen LogP contribution in [0.25, 0.3) is 110 Å². The Morgan fingerprint density at radius 2 is 0.845 bits per heavy atom. The van der Waals surface area contributed by atoms with Gasteiger partial charge in [0, 0.05) is 86.3 Å². The lowest BCUT2D eigenvalue weighted by Gasteiger charge is -2.20. The number of aromatic nitrogens is 6. The van der Waals surface area contributed by atoms with E-state index in [0.29, 0.717) is 0 Å². The summed E-state index contributed by atoms with van der Waals surface area (Å²) in [5.41, 5.74) is 12.7. The number of hydrogen-bond acceptors (Lipinski definition) is 4. The zero-order valence-corrected chi connectivity index (χ0v) is 31.2. The maximum Gasteiger partial charge on any atom is 0.0731 e. The zero-order chi connectivity index (χ0) is 38.2. The number of rotatable bonds is 5. The molecule has 0 saturated carbocycles. The van der Waals surface area contributed by atoms with Gasteiger partial charge >= 0.3 is 0 Å². The third kappa shape index (κ3) is 4.85. The van der Waals surface area contributed by atoms with Crippen LogP contribution in [0.2, 0.25) is 0 Å². The van der Waals surface area contributed by atoms with Crippen molar-refractivity contribution in [2.24, 2.45) is 0 Å². The van der Waals surface area contributed by atoms with E-state index < -0.39 is 0 Å². The van der Waals surface area contributed by atoms with Crippen molar-refractivity contribution in [3.63, 3.8) is 0 Å². The molecule has 0 amide bonds. The predicted octanol–water partition coefficient (Wildman–Crippen LogP) is 12.8. The molecule has 6 heterocycles. The second-order valence-electron chi connectivity index (χ2n) is 14.7. The second-order valence-corrected chi connectivity index (χ2v) is 14.7. The minimum atomic E-state index is 0.862. The highest BCUT2D eigenvalue weighted by Gasteiger charge is 2.22. The van der Waals surface area contributed by atoms with Crippen LogP contribution in [0.4, 0.5) is 0 Å². The van der Waals surface area contributed by atoms with Crippen LogP contribution in [0, 0.1) is 0 Å². The maximum absolute atomic E-state index is 5.36. The van der Waals surface area contributed by atoms with Crippen LogP contribution in [-0.4, -0.2) is 29.1 Å². The standard InChI is InChI=1S/C52H32N6/c1-3-18-41-39(16-1)51(40-17-2-4-19-42(40)52(41)58-48-21-8-6-15-38(48)44-32-55-26-23-50(44)58)35-28-45(56-46(29-35)34-12-10-24-53-30-34)33-11-9-13-36(27-33)57-47-20-7-5-14-37(47)43-31-54-25-22-49(43)57/h1-32H. The third-order valence-electron chi connectivity index (χ3n) is 11.5. The van der Waals surface area contributed by atoms with Gasteiger partial charge < -0.3 is 9.13 Å². The first kappa shape index (κ1) is 32.3. The van der Waals surface area contributed by atoms with E-state index >= 15 is 0 Å². The van der Waals surface area contributed by atoms with E-state index in [2.05, 4.69) is 176 Å². The zero-order valence-electron chi connectivity index (χ0n) is 31.2. The largest absolute Gasteiger partial charge is 0.309 e. The molecule has 6 heteroatoms. The summed E-state index contributed by atoms with van der Waals surface area (Å²) in [5.74, 6) is 0. The van der Waals surface area contributed by atoms with Gasteiger partial charge in [0.2, 0.25) is 0 Å². The molecule has 6 aromatic carbocycles. The number of pyridine rings is 4. The summed E-state index contributed by atoms with van der Waals surface area (Å²) >= 11 is 0. The monoisotopic (exact) mass is 740 g/mol. The number of nitrogens with zero attached hydrogens (tertiary/aromatic N) is 6. The Balaban J connectivity index is 1.14. The summed E-state index contributed by atoms with van der Waals surface area (Å²) in [5, 5.41) is 9.28. The molecule has 58 heavy (non-hydrogen) atoms. The fraction of sp³-hybridized carbons (Fsp3) is 0. The van der Waals surface area contributed by atoms with Crippen molar-refractivity contribution in [3.8, 4) is 45.0 Å². The molecule has 6 nitrogen and oxygen atoms in total. The van der Waals surface area contributed by atoms with Gasteiger partial charge in [-0.25, -0.2) is 4.98 Å². The Labute approximate surface area is 333 Å². The Hall–Kier alpha value is -7.96. The van der Waals surface area contributed by atoms with Gasteiger partial charge in [0.05, 0.1) is 39.1 Å². The minimum absolute atomic E-state index is 0.862. The van der Waals surface area contributed by atoms with E-state index in [1.807, 2.05) is 43.2 Å². The van der Waals surface area contributed by atoms with Crippen molar-refractivity contribution in [2.45, 2.75) is 0 Å². The molecule has 0 aliphatic rings. The van der Waals surface area contributed by atoms with Gasteiger partial charge in [-0.05, 0) is 82.6 Å². The average molecular weight is 741 g/mol. The molecule has 0 radical (unpaired) electrons. The molecule has 0 saturated heterocycles. The Kier molecular flexibility index (Phi) is 7.13.